The average Bonchev–Trinajstić information content (AvgIpc) is 3.91. The maximum atomic E-state index is 11.4. The smallest absolute Gasteiger partial charge is 0.337 e. The molecule has 1 aliphatic carbocycles. The summed E-state index contributed by atoms with van der Waals surface area (Å²) < 4.78 is 9.06. The Morgan fingerprint density at radius 3 is 1.69 bits per heavy atom. The second-order valence-corrected chi connectivity index (χ2v) is 11.6. The van der Waals surface area contributed by atoms with Gasteiger partial charge in [-0.2, -0.15) is 0 Å². The number of fused-ring (bicyclic) bond motifs is 3. The molecule has 7 aromatic rings. The second-order valence-electron chi connectivity index (χ2n) is 11.6. The number of rotatable bonds is 6. The highest BCUT2D eigenvalue weighted by Crippen LogP contribution is 2.19. The van der Waals surface area contributed by atoms with Crippen LogP contribution in [0, 0.1) is 0 Å². The van der Waals surface area contributed by atoms with Crippen molar-refractivity contribution in [2.75, 3.05) is 7.11 Å². The van der Waals surface area contributed by atoms with E-state index >= 15 is 0 Å². The fraction of sp³-hybridized carbons (Fsp3) is 0.0952. The summed E-state index contributed by atoms with van der Waals surface area (Å²) in [7, 11) is 1.39. The van der Waals surface area contributed by atoms with Gasteiger partial charge in [-0.3, -0.25) is 10.0 Å². The number of para-hydroxylation sites is 2. The highest BCUT2D eigenvalue weighted by Gasteiger charge is 2.07. The Labute approximate surface area is 285 Å². The molecule has 0 bridgehead atoms. The number of allylic oxidation sites excluding steroid dienone is 1. The zero-order valence-corrected chi connectivity index (χ0v) is 27.2. The summed E-state index contributed by atoms with van der Waals surface area (Å²) in [6, 6.07) is 43.9. The number of amides is 1. The Morgan fingerprint density at radius 1 is 0.653 bits per heavy atom. The molecule has 244 valence electrons. The summed E-state index contributed by atoms with van der Waals surface area (Å²) in [6.07, 6.45) is 9.63. The van der Waals surface area contributed by atoms with E-state index in [4.69, 9.17) is 9.94 Å². The molecule has 2 N–H and O–H groups in total. The highest BCUT2D eigenvalue weighted by molar-refractivity contribution is 5.93. The van der Waals surface area contributed by atoms with Crippen LogP contribution in [-0.2, 0) is 24.2 Å². The molecule has 0 atom stereocenters. The van der Waals surface area contributed by atoms with Crippen LogP contribution in [0.5, 0.6) is 0 Å². The van der Waals surface area contributed by atoms with Crippen molar-refractivity contribution in [3.05, 3.63) is 185 Å². The van der Waals surface area contributed by atoms with Crippen molar-refractivity contribution >= 4 is 39.8 Å². The third kappa shape index (κ3) is 8.04. The van der Waals surface area contributed by atoms with Gasteiger partial charge in [0.25, 0.3) is 5.91 Å². The molecule has 2 heterocycles. The number of nitrogens with one attached hydrogen (secondary N) is 1. The summed E-state index contributed by atoms with van der Waals surface area (Å²) in [4.78, 5) is 22.6. The highest BCUT2D eigenvalue weighted by atomic mass is 16.5. The lowest BCUT2D eigenvalue weighted by atomic mass is 10.1. The SMILES string of the molecule is C1=Cc2ccccc2C1.COC(=O)c1ccc(Cn2ccc3ccccc32)cc1.O=C(NO)c1ccc(Cn2ccc3ccccc32)cc1. The van der Waals surface area contributed by atoms with Crippen molar-refractivity contribution in [3.63, 3.8) is 0 Å². The average molecular weight is 648 g/mol. The summed E-state index contributed by atoms with van der Waals surface area (Å²) >= 11 is 0. The number of hydroxylamine groups is 1. The second kappa shape index (κ2) is 15.6. The Balaban J connectivity index is 0.000000136. The molecule has 0 unspecified atom stereocenters. The van der Waals surface area contributed by atoms with Crippen LogP contribution in [0.4, 0.5) is 0 Å². The molecule has 0 saturated carbocycles. The van der Waals surface area contributed by atoms with E-state index in [0.29, 0.717) is 11.1 Å². The van der Waals surface area contributed by atoms with Crippen molar-refractivity contribution in [1.29, 1.82) is 0 Å². The summed E-state index contributed by atoms with van der Waals surface area (Å²) in [5, 5.41) is 11.0. The topological polar surface area (TPSA) is 85.5 Å². The van der Waals surface area contributed by atoms with Crippen LogP contribution in [-0.4, -0.2) is 33.3 Å². The van der Waals surface area contributed by atoms with E-state index in [1.807, 2.05) is 48.5 Å². The number of esters is 1. The van der Waals surface area contributed by atoms with Crippen molar-refractivity contribution in [3.8, 4) is 0 Å². The third-order valence-corrected chi connectivity index (χ3v) is 8.45. The van der Waals surface area contributed by atoms with Crippen molar-refractivity contribution in [2.24, 2.45) is 0 Å². The number of benzene rings is 5. The molecule has 8 rings (SSSR count). The predicted molar refractivity (Wildman–Crippen MR) is 195 cm³/mol. The summed E-state index contributed by atoms with van der Waals surface area (Å²) in [6.45, 7) is 1.53. The number of hydrogen-bond acceptors (Lipinski definition) is 4. The molecule has 1 amide bonds. The molecular formula is C42H37N3O4. The van der Waals surface area contributed by atoms with E-state index in [1.165, 1.54) is 40.0 Å². The van der Waals surface area contributed by atoms with E-state index in [9.17, 15) is 9.59 Å². The van der Waals surface area contributed by atoms with E-state index < -0.39 is 5.91 Å². The number of methoxy groups -OCH3 is 1. The van der Waals surface area contributed by atoms with Gasteiger partial charge in [0, 0.05) is 42.1 Å². The van der Waals surface area contributed by atoms with Gasteiger partial charge in [-0.1, -0.05) is 97.1 Å². The van der Waals surface area contributed by atoms with Gasteiger partial charge in [-0.05, 0) is 88.0 Å². The quantitative estimate of drug-likeness (QED) is 0.108. The Morgan fingerprint density at radius 2 is 1.16 bits per heavy atom. The maximum Gasteiger partial charge on any atom is 0.337 e. The number of hydrogen-bond donors (Lipinski definition) is 2. The molecule has 49 heavy (non-hydrogen) atoms. The van der Waals surface area contributed by atoms with Crippen molar-refractivity contribution < 1.29 is 19.5 Å². The summed E-state index contributed by atoms with van der Waals surface area (Å²) in [5.74, 6) is -0.800. The Kier molecular flexibility index (Phi) is 10.4. The monoisotopic (exact) mass is 647 g/mol. The minimum atomic E-state index is -0.497. The molecule has 0 fully saturated rings. The molecule has 0 saturated heterocycles. The van der Waals surface area contributed by atoms with Gasteiger partial charge in [0.15, 0.2) is 0 Å². The zero-order valence-electron chi connectivity index (χ0n) is 27.2. The van der Waals surface area contributed by atoms with Crippen molar-refractivity contribution in [1.82, 2.24) is 14.6 Å². The van der Waals surface area contributed by atoms with Crippen molar-refractivity contribution in [2.45, 2.75) is 19.5 Å². The number of carbonyl (C=O) groups excluding carboxylic acids is 2. The molecule has 2 aromatic heterocycles. The number of aromatic nitrogens is 2. The molecular weight excluding hydrogens is 610 g/mol. The first-order chi connectivity index (χ1) is 24.0. The van der Waals surface area contributed by atoms with E-state index in [2.05, 4.69) is 94.3 Å². The van der Waals surface area contributed by atoms with Gasteiger partial charge < -0.3 is 13.9 Å². The molecule has 7 nitrogen and oxygen atoms in total. The minimum Gasteiger partial charge on any atom is -0.465 e. The maximum absolute atomic E-state index is 11.4. The van der Waals surface area contributed by atoms with Gasteiger partial charge >= 0.3 is 5.97 Å². The fourth-order valence-electron chi connectivity index (χ4n) is 5.84. The van der Waals surface area contributed by atoms with Crippen LogP contribution in [0.2, 0.25) is 0 Å². The molecule has 0 spiro atoms. The standard InChI is InChI=1S/C17H15NO2.C16H14N2O2.C9H8/c1-20-17(19)15-8-6-13(7-9-15)12-18-11-10-14-4-2-3-5-16(14)18;19-16(17-20)14-7-5-12(6-8-14)11-18-10-9-13-3-1-2-4-15(13)18;1-2-5-9-7-3-6-8(9)4-1/h2-11H,12H2,1H3;1-10,20H,11H2,(H,17,19);1-6H,7H2. The molecule has 0 radical (unpaired) electrons. The minimum absolute atomic E-state index is 0.303. The first-order valence-corrected chi connectivity index (χ1v) is 16.1. The molecule has 7 heteroatoms. The van der Waals surface area contributed by atoms with Gasteiger partial charge in [-0.15, -0.1) is 0 Å². The third-order valence-electron chi connectivity index (χ3n) is 8.45. The first kappa shape index (κ1) is 32.7. The van der Waals surface area contributed by atoms with Gasteiger partial charge in [0.2, 0.25) is 0 Å². The van der Waals surface area contributed by atoms with Crippen LogP contribution in [0.3, 0.4) is 0 Å². The fourth-order valence-corrected chi connectivity index (χ4v) is 5.84. The van der Waals surface area contributed by atoms with Crippen LogP contribution in [0.1, 0.15) is 43.0 Å². The normalized spacial score (nSPS) is 11.2. The van der Waals surface area contributed by atoms with Gasteiger partial charge in [-0.25, -0.2) is 10.3 Å². The van der Waals surface area contributed by atoms with Crippen LogP contribution in [0.25, 0.3) is 27.9 Å². The molecule has 0 aliphatic heterocycles. The van der Waals surface area contributed by atoms with Gasteiger partial charge in [0.1, 0.15) is 0 Å². The largest absolute Gasteiger partial charge is 0.465 e. The lowest BCUT2D eigenvalue weighted by Gasteiger charge is -2.06. The first-order valence-electron chi connectivity index (χ1n) is 16.1. The zero-order chi connectivity index (χ0) is 34.0. The lowest BCUT2D eigenvalue weighted by molar-refractivity contribution is 0.0600. The molecule has 1 aliphatic rings. The Bertz CT molecular complexity index is 2080. The number of carbonyl (C=O) groups is 2. The van der Waals surface area contributed by atoms with Crippen LogP contribution in [0.15, 0.2) is 152 Å². The lowest BCUT2D eigenvalue weighted by Crippen LogP contribution is -2.18. The van der Waals surface area contributed by atoms with Gasteiger partial charge in [0.05, 0.1) is 12.7 Å². The van der Waals surface area contributed by atoms with Crippen LogP contribution >= 0.6 is 0 Å². The van der Waals surface area contributed by atoms with E-state index in [-0.39, 0.29) is 5.97 Å². The van der Waals surface area contributed by atoms with E-state index in [0.717, 1.165) is 30.6 Å². The van der Waals surface area contributed by atoms with E-state index in [1.54, 1.807) is 29.7 Å². The predicted octanol–water partition coefficient (Wildman–Crippen LogP) is 8.54. The number of nitrogens with zero attached hydrogens (tertiary/aromatic N) is 2. The number of ether oxygens (including phenoxy) is 1. The Hall–Kier alpha value is -6.18. The summed E-state index contributed by atoms with van der Waals surface area (Å²) in [5.41, 5.74) is 10.1. The van der Waals surface area contributed by atoms with Crippen LogP contribution < -0.4 is 5.48 Å². The molecule has 5 aromatic carbocycles.